The maximum atomic E-state index is 5.62. The highest BCUT2D eigenvalue weighted by atomic mass is 16.5. The standard InChI is InChI=1S/C18H23NO2/c1-2-13-20-18-10-8-16(9-11-18)15-19-12-14-21-17-6-4-3-5-7-17/h3-11,19H,2,12-15H2,1H3. The van der Waals surface area contributed by atoms with Gasteiger partial charge in [-0.25, -0.2) is 0 Å². The highest BCUT2D eigenvalue weighted by molar-refractivity contribution is 5.27. The molecule has 0 saturated carbocycles. The highest BCUT2D eigenvalue weighted by Crippen LogP contribution is 2.12. The van der Waals surface area contributed by atoms with Crippen molar-refractivity contribution in [2.75, 3.05) is 19.8 Å². The van der Waals surface area contributed by atoms with Crippen molar-refractivity contribution >= 4 is 0 Å². The van der Waals surface area contributed by atoms with E-state index in [2.05, 4.69) is 24.4 Å². The van der Waals surface area contributed by atoms with Gasteiger partial charge < -0.3 is 14.8 Å². The average Bonchev–Trinajstić information content (AvgIpc) is 2.55. The SMILES string of the molecule is CCCOc1ccc(CNCCOc2ccccc2)cc1. The Morgan fingerprint density at radius 1 is 0.810 bits per heavy atom. The number of hydrogen-bond donors (Lipinski definition) is 1. The van der Waals surface area contributed by atoms with Gasteiger partial charge in [-0.3, -0.25) is 0 Å². The van der Waals surface area contributed by atoms with E-state index in [1.807, 2.05) is 42.5 Å². The van der Waals surface area contributed by atoms with Gasteiger partial charge in [-0.1, -0.05) is 37.3 Å². The molecule has 0 fully saturated rings. The van der Waals surface area contributed by atoms with Gasteiger partial charge >= 0.3 is 0 Å². The molecule has 21 heavy (non-hydrogen) atoms. The Hall–Kier alpha value is -2.00. The van der Waals surface area contributed by atoms with Crippen molar-refractivity contribution in [1.82, 2.24) is 5.32 Å². The summed E-state index contributed by atoms with van der Waals surface area (Å²) in [6, 6.07) is 18.1. The molecule has 0 heterocycles. The molecule has 0 aromatic heterocycles. The van der Waals surface area contributed by atoms with E-state index in [9.17, 15) is 0 Å². The molecule has 0 spiro atoms. The second kappa shape index (κ2) is 9.03. The van der Waals surface area contributed by atoms with Gasteiger partial charge in [-0.15, -0.1) is 0 Å². The van der Waals surface area contributed by atoms with Gasteiger partial charge in [-0.2, -0.15) is 0 Å². The fourth-order valence-electron chi connectivity index (χ4n) is 1.91. The van der Waals surface area contributed by atoms with Crippen LogP contribution in [0.25, 0.3) is 0 Å². The van der Waals surface area contributed by atoms with E-state index in [1.165, 1.54) is 5.56 Å². The van der Waals surface area contributed by atoms with Crippen molar-refractivity contribution in [3.05, 3.63) is 60.2 Å². The first-order valence-electron chi connectivity index (χ1n) is 7.49. The zero-order valence-electron chi connectivity index (χ0n) is 12.5. The molecule has 0 unspecified atom stereocenters. The van der Waals surface area contributed by atoms with Crippen molar-refractivity contribution in [2.45, 2.75) is 19.9 Å². The van der Waals surface area contributed by atoms with Crippen LogP contribution in [0.5, 0.6) is 11.5 Å². The first-order valence-corrected chi connectivity index (χ1v) is 7.49. The zero-order valence-corrected chi connectivity index (χ0v) is 12.5. The third-order valence-corrected chi connectivity index (χ3v) is 3.02. The van der Waals surface area contributed by atoms with E-state index in [0.29, 0.717) is 6.61 Å². The molecule has 0 amide bonds. The summed E-state index contributed by atoms with van der Waals surface area (Å²) in [6.45, 7) is 5.21. The van der Waals surface area contributed by atoms with Crippen LogP contribution in [0.2, 0.25) is 0 Å². The lowest BCUT2D eigenvalue weighted by Gasteiger charge is -2.08. The van der Waals surface area contributed by atoms with Gasteiger partial charge in [-0.05, 0) is 36.2 Å². The van der Waals surface area contributed by atoms with Crippen LogP contribution in [0.15, 0.2) is 54.6 Å². The largest absolute Gasteiger partial charge is 0.494 e. The first kappa shape index (κ1) is 15.4. The predicted molar refractivity (Wildman–Crippen MR) is 85.9 cm³/mol. The third-order valence-electron chi connectivity index (χ3n) is 3.02. The van der Waals surface area contributed by atoms with E-state index >= 15 is 0 Å². The van der Waals surface area contributed by atoms with Crippen LogP contribution in [0.1, 0.15) is 18.9 Å². The Morgan fingerprint density at radius 2 is 1.48 bits per heavy atom. The van der Waals surface area contributed by atoms with E-state index in [4.69, 9.17) is 9.47 Å². The first-order chi connectivity index (χ1) is 10.4. The molecule has 0 radical (unpaired) electrons. The molecule has 0 aliphatic rings. The van der Waals surface area contributed by atoms with Crippen molar-refractivity contribution in [1.29, 1.82) is 0 Å². The van der Waals surface area contributed by atoms with Crippen molar-refractivity contribution < 1.29 is 9.47 Å². The third kappa shape index (κ3) is 5.88. The minimum atomic E-state index is 0.668. The molecular weight excluding hydrogens is 262 g/mol. The molecule has 1 N–H and O–H groups in total. The van der Waals surface area contributed by atoms with E-state index in [1.54, 1.807) is 0 Å². The smallest absolute Gasteiger partial charge is 0.119 e. The molecule has 2 rings (SSSR count). The molecular formula is C18H23NO2. The Morgan fingerprint density at radius 3 is 2.19 bits per heavy atom. The summed E-state index contributed by atoms with van der Waals surface area (Å²) in [5.74, 6) is 1.85. The Kier molecular flexibility index (Phi) is 6.62. The number of hydrogen-bond acceptors (Lipinski definition) is 3. The van der Waals surface area contributed by atoms with E-state index in [-0.39, 0.29) is 0 Å². The maximum Gasteiger partial charge on any atom is 0.119 e. The van der Waals surface area contributed by atoms with Gasteiger partial charge in [0.15, 0.2) is 0 Å². The number of benzene rings is 2. The van der Waals surface area contributed by atoms with Crippen LogP contribution in [0.4, 0.5) is 0 Å². The van der Waals surface area contributed by atoms with Crippen LogP contribution in [0, 0.1) is 0 Å². The van der Waals surface area contributed by atoms with Gasteiger partial charge in [0.25, 0.3) is 0 Å². The molecule has 2 aromatic rings. The lowest BCUT2D eigenvalue weighted by atomic mass is 10.2. The summed E-state index contributed by atoms with van der Waals surface area (Å²) in [7, 11) is 0. The zero-order chi connectivity index (χ0) is 14.8. The molecule has 0 saturated heterocycles. The minimum Gasteiger partial charge on any atom is -0.494 e. The average molecular weight is 285 g/mol. The molecule has 0 aliphatic heterocycles. The Labute approximate surface area is 126 Å². The fourth-order valence-corrected chi connectivity index (χ4v) is 1.91. The van der Waals surface area contributed by atoms with Gasteiger partial charge in [0, 0.05) is 13.1 Å². The van der Waals surface area contributed by atoms with Gasteiger partial charge in [0.1, 0.15) is 18.1 Å². The lowest BCUT2D eigenvalue weighted by molar-refractivity contribution is 0.313. The summed E-state index contributed by atoms with van der Waals surface area (Å²) in [5, 5.41) is 3.37. The maximum absolute atomic E-state index is 5.62. The van der Waals surface area contributed by atoms with Crippen LogP contribution >= 0.6 is 0 Å². The summed E-state index contributed by atoms with van der Waals surface area (Å²) in [6.07, 6.45) is 1.03. The molecule has 3 heteroatoms. The molecule has 2 aromatic carbocycles. The number of para-hydroxylation sites is 1. The summed E-state index contributed by atoms with van der Waals surface area (Å²) in [5.41, 5.74) is 1.25. The lowest BCUT2D eigenvalue weighted by Crippen LogP contribution is -2.20. The van der Waals surface area contributed by atoms with Crippen LogP contribution < -0.4 is 14.8 Å². The summed E-state index contributed by atoms with van der Waals surface area (Å²) in [4.78, 5) is 0. The topological polar surface area (TPSA) is 30.5 Å². The van der Waals surface area contributed by atoms with Crippen molar-refractivity contribution in [2.24, 2.45) is 0 Å². The minimum absolute atomic E-state index is 0.668. The molecule has 0 aliphatic carbocycles. The predicted octanol–water partition coefficient (Wildman–Crippen LogP) is 3.64. The Bertz CT molecular complexity index is 496. The summed E-state index contributed by atoms with van der Waals surface area (Å²) >= 11 is 0. The molecule has 0 atom stereocenters. The van der Waals surface area contributed by atoms with E-state index in [0.717, 1.165) is 37.6 Å². The normalized spacial score (nSPS) is 10.3. The Balaban J connectivity index is 1.62. The number of ether oxygens (including phenoxy) is 2. The van der Waals surface area contributed by atoms with Gasteiger partial charge in [0.2, 0.25) is 0 Å². The quantitative estimate of drug-likeness (QED) is 0.713. The van der Waals surface area contributed by atoms with Crippen LogP contribution in [0.3, 0.4) is 0 Å². The fraction of sp³-hybridized carbons (Fsp3) is 0.333. The number of nitrogens with one attached hydrogen (secondary N) is 1. The monoisotopic (exact) mass is 285 g/mol. The van der Waals surface area contributed by atoms with Crippen LogP contribution in [-0.2, 0) is 6.54 Å². The second-order valence-electron chi connectivity index (χ2n) is 4.83. The van der Waals surface area contributed by atoms with Gasteiger partial charge in [0.05, 0.1) is 6.61 Å². The highest BCUT2D eigenvalue weighted by Gasteiger charge is 1.96. The summed E-state index contributed by atoms with van der Waals surface area (Å²) < 4.78 is 11.2. The van der Waals surface area contributed by atoms with E-state index < -0.39 is 0 Å². The molecule has 3 nitrogen and oxygen atoms in total. The second-order valence-corrected chi connectivity index (χ2v) is 4.83. The number of rotatable bonds is 9. The van der Waals surface area contributed by atoms with Crippen molar-refractivity contribution in [3.8, 4) is 11.5 Å². The van der Waals surface area contributed by atoms with Crippen molar-refractivity contribution in [3.63, 3.8) is 0 Å². The van der Waals surface area contributed by atoms with Crippen LogP contribution in [-0.4, -0.2) is 19.8 Å². The molecule has 112 valence electrons. The molecule has 0 bridgehead atoms.